The van der Waals surface area contributed by atoms with Crippen LogP contribution in [0.25, 0.3) is 11.4 Å². The van der Waals surface area contributed by atoms with Crippen molar-refractivity contribution in [3.05, 3.63) is 129 Å². The highest BCUT2D eigenvalue weighted by Crippen LogP contribution is 2.69. The second-order valence-electron chi connectivity index (χ2n) is 11.0. The summed E-state index contributed by atoms with van der Waals surface area (Å²) in [6, 6.07) is 27.2. The highest BCUT2D eigenvalue weighted by Gasteiger charge is 2.73. The molecule has 2 N–H and O–H groups in total. The second-order valence-corrected chi connectivity index (χ2v) is 11.0. The number of aromatic amines is 1. The second kappa shape index (κ2) is 11.0. The Morgan fingerprint density at radius 1 is 0.913 bits per heavy atom. The fraction of sp³-hybridized carbons (Fsp3) is 0.189. The van der Waals surface area contributed by atoms with Crippen molar-refractivity contribution in [2.75, 3.05) is 27.9 Å². The fourth-order valence-corrected chi connectivity index (χ4v) is 6.80. The van der Waals surface area contributed by atoms with E-state index in [1.165, 1.54) is 7.11 Å². The molecule has 2 heterocycles. The Labute approximate surface area is 265 Å². The lowest BCUT2D eigenvalue weighted by molar-refractivity contribution is -0.0909. The minimum atomic E-state index is -2.00. The first-order valence-corrected chi connectivity index (χ1v) is 14.6. The van der Waals surface area contributed by atoms with Crippen molar-refractivity contribution in [3.63, 3.8) is 0 Å². The summed E-state index contributed by atoms with van der Waals surface area (Å²) >= 11 is 0. The van der Waals surface area contributed by atoms with E-state index in [1.54, 1.807) is 62.8 Å². The van der Waals surface area contributed by atoms with Crippen molar-refractivity contribution in [3.8, 4) is 52.5 Å². The van der Waals surface area contributed by atoms with E-state index in [0.29, 0.717) is 45.4 Å². The van der Waals surface area contributed by atoms with Gasteiger partial charge in [-0.3, -0.25) is 4.79 Å². The van der Waals surface area contributed by atoms with Crippen LogP contribution in [0.2, 0.25) is 0 Å². The van der Waals surface area contributed by atoms with Crippen molar-refractivity contribution in [1.29, 1.82) is 0 Å². The summed E-state index contributed by atoms with van der Waals surface area (Å²) in [5, 5.41) is 13.5. The van der Waals surface area contributed by atoms with Crippen molar-refractivity contribution >= 4 is 0 Å². The molecule has 1 aromatic heterocycles. The summed E-state index contributed by atoms with van der Waals surface area (Å²) in [6.07, 6.45) is 5.33. The number of ether oxygens (including phenoxy) is 5. The number of rotatable bonds is 8. The van der Waals surface area contributed by atoms with Gasteiger partial charge in [0, 0.05) is 23.3 Å². The Balaban J connectivity index is 1.56. The third kappa shape index (κ3) is 4.07. The van der Waals surface area contributed by atoms with Gasteiger partial charge in [-0.25, -0.2) is 4.98 Å². The Morgan fingerprint density at radius 2 is 1.61 bits per heavy atom. The van der Waals surface area contributed by atoms with Crippen LogP contribution in [0.3, 0.4) is 0 Å². The van der Waals surface area contributed by atoms with Gasteiger partial charge in [-0.1, -0.05) is 48.4 Å². The van der Waals surface area contributed by atoms with Gasteiger partial charge in [0.2, 0.25) is 0 Å². The summed E-state index contributed by atoms with van der Waals surface area (Å²) in [6.45, 7) is 0.126. The fourth-order valence-electron chi connectivity index (χ4n) is 6.80. The normalized spacial score (nSPS) is 20.5. The summed E-state index contributed by atoms with van der Waals surface area (Å²) in [5.74, 6) is 4.26. The summed E-state index contributed by atoms with van der Waals surface area (Å²) in [5.41, 5.74) is -1.24. The molecule has 0 unspecified atom stereocenters. The molecule has 5 aromatic rings. The zero-order valence-electron chi connectivity index (χ0n) is 25.4. The van der Waals surface area contributed by atoms with Gasteiger partial charge < -0.3 is 33.8 Å². The van der Waals surface area contributed by atoms with E-state index in [0.717, 1.165) is 5.56 Å². The highest BCUT2D eigenvalue weighted by atomic mass is 16.5. The van der Waals surface area contributed by atoms with E-state index in [1.807, 2.05) is 42.5 Å². The predicted octanol–water partition coefficient (Wildman–Crippen LogP) is 5.14. The first kappa shape index (κ1) is 29.0. The number of nitrogens with one attached hydrogen (secondary N) is 1. The zero-order chi connectivity index (χ0) is 32.1. The van der Waals surface area contributed by atoms with Gasteiger partial charge in [0.25, 0.3) is 5.56 Å². The molecule has 4 aromatic carbocycles. The Bertz CT molecular complexity index is 2030. The Morgan fingerprint density at radius 3 is 2.26 bits per heavy atom. The number of hydrogen-bond acceptors (Lipinski definition) is 8. The number of H-pyrrole nitrogens is 1. The quantitative estimate of drug-likeness (QED) is 0.231. The summed E-state index contributed by atoms with van der Waals surface area (Å²) in [7, 11) is 4.64. The largest absolute Gasteiger partial charge is 0.497 e. The molecule has 0 saturated carbocycles. The van der Waals surface area contributed by atoms with Gasteiger partial charge in [-0.2, -0.15) is 0 Å². The number of benzene rings is 4. The first-order chi connectivity index (χ1) is 22.4. The number of methoxy groups -OCH3 is 3. The van der Waals surface area contributed by atoms with Crippen molar-refractivity contribution in [2.45, 2.75) is 17.1 Å². The topological polar surface area (TPSA) is 112 Å². The maximum atomic E-state index is 14.3. The maximum absolute atomic E-state index is 14.3. The van der Waals surface area contributed by atoms with E-state index in [9.17, 15) is 9.90 Å². The molecule has 2 aliphatic rings. The SMILES string of the molecule is C#CCOc1ccc(-c2nc3c(c(=O)[nH]2)[C@@H](c2ccccc2)[C@]2(c4ccc(OC)cc4)Oc4cc(OC)cc(OC)c4[C@]32O)cc1. The minimum Gasteiger partial charge on any atom is -0.497 e. The van der Waals surface area contributed by atoms with Crippen molar-refractivity contribution in [1.82, 2.24) is 9.97 Å². The van der Waals surface area contributed by atoms with Crippen LogP contribution in [0.15, 0.2) is 95.8 Å². The highest BCUT2D eigenvalue weighted by molar-refractivity contribution is 5.70. The van der Waals surface area contributed by atoms with Crippen LogP contribution in [0.4, 0.5) is 0 Å². The third-order valence-corrected chi connectivity index (χ3v) is 8.76. The molecule has 0 bridgehead atoms. The third-order valence-electron chi connectivity index (χ3n) is 8.76. The summed E-state index contributed by atoms with van der Waals surface area (Å²) in [4.78, 5) is 22.3. The monoisotopic (exact) mass is 614 g/mol. The molecule has 0 amide bonds. The summed E-state index contributed by atoms with van der Waals surface area (Å²) < 4.78 is 29.4. The van der Waals surface area contributed by atoms with Gasteiger partial charge >= 0.3 is 0 Å². The zero-order valence-corrected chi connectivity index (χ0v) is 25.4. The number of aromatic nitrogens is 2. The molecule has 7 rings (SSSR count). The van der Waals surface area contributed by atoms with Crippen LogP contribution in [0.5, 0.6) is 28.7 Å². The van der Waals surface area contributed by atoms with E-state index >= 15 is 0 Å². The number of aliphatic hydroxyl groups is 1. The molecule has 1 aliphatic carbocycles. The molecule has 9 nitrogen and oxygen atoms in total. The van der Waals surface area contributed by atoms with E-state index in [2.05, 4.69) is 10.9 Å². The van der Waals surface area contributed by atoms with Gasteiger partial charge in [-0.05, 0) is 42.0 Å². The lowest BCUT2D eigenvalue weighted by atomic mass is 9.70. The van der Waals surface area contributed by atoms with Crippen LogP contribution in [0.1, 0.15) is 33.9 Å². The number of terminal acetylenes is 1. The first-order valence-electron chi connectivity index (χ1n) is 14.6. The lowest BCUT2D eigenvalue weighted by Crippen LogP contribution is -2.49. The van der Waals surface area contributed by atoms with Gasteiger partial charge in [-0.15, -0.1) is 6.42 Å². The van der Waals surface area contributed by atoms with Crippen LogP contribution in [0, 0.1) is 12.3 Å². The average Bonchev–Trinajstić information content (AvgIpc) is 3.49. The molecule has 9 heteroatoms. The van der Waals surface area contributed by atoms with Crippen molar-refractivity contribution in [2.24, 2.45) is 0 Å². The lowest BCUT2D eigenvalue weighted by Gasteiger charge is -2.40. The van der Waals surface area contributed by atoms with Crippen LogP contribution >= 0.6 is 0 Å². The number of fused-ring (bicyclic) bond motifs is 5. The van der Waals surface area contributed by atoms with Crippen LogP contribution < -0.4 is 29.2 Å². The average molecular weight is 615 g/mol. The Kier molecular flexibility index (Phi) is 6.95. The number of nitrogens with zero attached hydrogens (tertiary/aromatic N) is 1. The van der Waals surface area contributed by atoms with E-state index < -0.39 is 22.7 Å². The van der Waals surface area contributed by atoms with E-state index in [-0.39, 0.29) is 23.7 Å². The molecule has 0 radical (unpaired) electrons. The molecular weight excluding hydrogens is 584 g/mol. The molecule has 46 heavy (non-hydrogen) atoms. The predicted molar refractivity (Wildman–Crippen MR) is 171 cm³/mol. The molecule has 3 atom stereocenters. The molecule has 230 valence electrons. The number of hydrogen-bond donors (Lipinski definition) is 2. The molecule has 0 spiro atoms. The van der Waals surface area contributed by atoms with Crippen LogP contribution in [-0.2, 0) is 11.2 Å². The van der Waals surface area contributed by atoms with E-state index in [4.69, 9.17) is 35.1 Å². The van der Waals surface area contributed by atoms with Crippen LogP contribution in [-0.4, -0.2) is 43.0 Å². The molecule has 0 saturated heterocycles. The Hall–Kier alpha value is -5.72. The minimum absolute atomic E-state index is 0.126. The molecule has 0 fully saturated rings. The van der Waals surface area contributed by atoms with Gasteiger partial charge in [0.05, 0.1) is 44.1 Å². The van der Waals surface area contributed by atoms with Gasteiger partial charge in [0.15, 0.2) is 11.2 Å². The van der Waals surface area contributed by atoms with Crippen molar-refractivity contribution < 1.29 is 28.8 Å². The maximum Gasteiger partial charge on any atom is 0.255 e. The smallest absolute Gasteiger partial charge is 0.255 e. The standard InChI is InChI=1S/C37H30N2O7/c1-5-19-45-26-15-11-23(12-16-26)34-38-33-30(35(40)39-34)31(22-9-7-6-8-10-22)37(24-13-17-25(42-2)18-14-24)36(33,41)32-28(44-4)20-27(43-3)21-29(32)46-37/h1,6-18,20-21,31,41H,19H2,2-4H3,(H,38,39,40)/t31-,36+,37+/m1/s1. The molecular formula is C37H30N2O7. The van der Waals surface area contributed by atoms with Gasteiger partial charge in [0.1, 0.15) is 41.2 Å². The molecule has 1 aliphatic heterocycles.